The lowest BCUT2D eigenvalue weighted by molar-refractivity contribution is -0.140. The maximum Gasteiger partial charge on any atom is 0.296 e. The molecule has 2 aromatic heterocycles. The number of likely N-dealkylation sites (tertiary alicyclic amines) is 1. The Balaban J connectivity index is 1.88. The van der Waals surface area contributed by atoms with Crippen LogP contribution in [0, 0.1) is 0 Å². The van der Waals surface area contributed by atoms with Gasteiger partial charge < -0.3 is 19.2 Å². The number of carbonyl (C=O) groups excluding carboxylic acids is 2. The van der Waals surface area contributed by atoms with Crippen molar-refractivity contribution in [3.8, 4) is 5.75 Å². The summed E-state index contributed by atoms with van der Waals surface area (Å²) in [5, 5.41) is 11.3. The molecule has 33 heavy (non-hydrogen) atoms. The molecule has 1 saturated heterocycles. The van der Waals surface area contributed by atoms with Gasteiger partial charge in [-0.1, -0.05) is 26.8 Å². The summed E-state index contributed by atoms with van der Waals surface area (Å²) in [4.78, 5) is 31.8. The fourth-order valence-electron chi connectivity index (χ4n) is 4.09. The van der Waals surface area contributed by atoms with E-state index < -0.39 is 17.7 Å². The molecule has 1 fully saturated rings. The van der Waals surface area contributed by atoms with Crippen LogP contribution in [-0.4, -0.2) is 33.8 Å². The Morgan fingerprint density at radius 3 is 2.58 bits per heavy atom. The number of pyridine rings is 1. The van der Waals surface area contributed by atoms with Gasteiger partial charge in [0.25, 0.3) is 11.7 Å². The molecule has 1 aromatic carbocycles. The summed E-state index contributed by atoms with van der Waals surface area (Å²) < 4.78 is 10.9. The van der Waals surface area contributed by atoms with Gasteiger partial charge in [-0.05, 0) is 47.4 Å². The quantitative estimate of drug-likeness (QED) is 0.350. The van der Waals surface area contributed by atoms with Crippen LogP contribution in [0.2, 0.25) is 0 Å². The second-order valence-electron chi connectivity index (χ2n) is 8.96. The van der Waals surface area contributed by atoms with Crippen molar-refractivity contribution in [2.24, 2.45) is 0 Å². The fourth-order valence-corrected chi connectivity index (χ4v) is 4.09. The van der Waals surface area contributed by atoms with Crippen LogP contribution in [0.3, 0.4) is 0 Å². The molecule has 3 aromatic rings. The van der Waals surface area contributed by atoms with Crippen LogP contribution in [0.4, 0.5) is 0 Å². The molecule has 7 nitrogen and oxygen atoms in total. The van der Waals surface area contributed by atoms with Gasteiger partial charge in [-0.3, -0.25) is 14.6 Å². The lowest BCUT2D eigenvalue weighted by atomic mass is 9.84. The van der Waals surface area contributed by atoms with E-state index in [0.717, 1.165) is 5.56 Å². The van der Waals surface area contributed by atoms with Crippen LogP contribution in [0.15, 0.2) is 71.1 Å². The number of nitrogens with zero attached hydrogens (tertiary/aromatic N) is 2. The lowest BCUT2D eigenvalue weighted by Gasteiger charge is -2.25. The number of Topliss-reactive ketones (excluding diaryl/α,β-unsaturated/α-hetero) is 1. The van der Waals surface area contributed by atoms with Crippen LogP contribution in [-0.2, 0) is 21.5 Å². The van der Waals surface area contributed by atoms with Crippen molar-refractivity contribution in [3.05, 3.63) is 89.1 Å². The number of aliphatic hydroxyl groups excluding tert-OH is 1. The van der Waals surface area contributed by atoms with Gasteiger partial charge in [0.15, 0.2) is 0 Å². The minimum absolute atomic E-state index is 0.0181. The second-order valence-corrected chi connectivity index (χ2v) is 8.96. The van der Waals surface area contributed by atoms with Gasteiger partial charge in [0, 0.05) is 23.5 Å². The number of ether oxygens (including phenoxy) is 1. The van der Waals surface area contributed by atoms with Gasteiger partial charge in [0.1, 0.15) is 17.3 Å². The highest BCUT2D eigenvalue weighted by Gasteiger charge is 2.46. The van der Waals surface area contributed by atoms with E-state index in [0.29, 0.717) is 22.6 Å². The molecule has 170 valence electrons. The van der Waals surface area contributed by atoms with Crippen LogP contribution in [0.1, 0.15) is 49.3 Å². The number of methoxy groups -OCH3 is 1. The normalized spacial score (nSPS) is 18.1. The number of benzene rings is 1. The molecule has 0 spiro atoms. The molecule has 4 rings (SSSR count). The molecule has 0 bridgehead atoms. The first-order valence-corrected chi connectivity index (χ1v) is 10.6. The predicted octanol–water partition coefficient (Wildman–Crippen LogP) is 4.60. The minimum atomic E-state index is -0.802. The molecular weight excluding hydrogens is 420 g/mol. The van der Waals surface area contributed by atoms with Gasteiger partial charge in [-0.25, -0.2) is 0 Å². The van der Waals surface area contributed by atoms with Crippen molar-refractivity contribution >= 4 is 17.4 Å². The number of ketones is 1. The van der Waals surface area contributed by atoms with Crippen molar-refractivity contribution < 1.29 is 23.8 Å². The average molecular weight is 447 g/mol. The molecule has 1 aliphatic rings. The number of hydrogen-bond acceptors (Lipinski definition) is 6. The lowest BCUT2D eigenvalue weighted by Crippen LogP contribution is -2.29. The fraction of sp³-hybridized carbons (Fsp3) is 0.269. The van der Waals surface area contributed by atoms with Gasteiger partial charge in [0.2, 0.25) is 0 Å². The summed E-state index contributed by atoms with van der Waals surface area (Å²) in [6, 6.07) is 11.4. The Bertz CT molecular complexity index is 1210. The van der Waals surface area contributed by atoms with Crippen molar-refractivity contribution in [2.75, 3.05) is 7.11 Å². The number of carbonyl (C=O) groups is 2. The predicted molar refractivity (Wildman–Crippen MR) is 122 cm³/mol. The van der Waals surface area contributed by atoms with E-state index >= 15 is 0 Å². The summed E-state index contributed by atoms with van der Waals surface area (Å²) in [5.74, 6) is -0.476. The Kier molecular flexibility index (Phi) is 5.80. The summed E-state index contributed by atoms with van der Waals surface area (Å²) >= 11 is 0. The first-order chi connectivity index (χ1) is 15.7. The molecule has 1 unspecified atom stereocenters. The molecule has 0 aliphatic carbocycles. The van der Waals surface area contributed by atoms with E-state index in [9.17, 15) is 14.7 Å². The van der Waals surface area contributed by atoms with E-state index in [1.165, 1.54) is 11.2 Å². The topological polar surface area (TPSA) is 92.9 Å². The Hall–Kier alpha value is -3.87. The van der Waals surface area contributed by atoms with E-state index in [-0.39, 0.29) is 23.3 Å². The highest BCUT2D eigenvalue weighted by Crippen LogP contribution is 2.41. The maximum atomic E-state index is 13.2. The third-order valence-electron chi connectivity index (χ3n) is 5.73. The average Bonchev–Trinajstić information content (AvgIpc) is 3.40. The third kappa shape index (κ3) is 4.14. The van der Waals surface area contributed by atoms with Crippen LogP contribution in [0.25, 0.3) is 5.76 Å². The number of rotatable bonds is 5. The first-order valence-electron chi connectivity index (χ1n) is 10.6. The third-order valence-corrected chi connectivity index (χ3v) is 5.73. The molecule has 7 heteroatoms. The van der Waals surface area contributed by atoms with Crippen molar-refractivity contribution in [1.29, 1.82) is 0 Å². The summed E-state index contributed by atoms with van der Waals surface area (Å²) in [6.07, 6.45) is 4.71. The zero-order valence-electron chi connectivity index (χ0n) is 19.0. The molecule has 1 N–H and O–H groups in total. The molecule has 3 heterocycles. The van der Waals surface area contributed by atoms with Gasteiger partial charge in [-0.2, -0.15) is 0 Å². The van der Waals surface area contributed by atoms with E-state index in [2.05, 4.69) is 4.98 Å². The van der Waals surface area contributed by atoms with Crippen molar-refractivity contribution in [3.63, 3.8) is 0 Å². The highest BCUT2D eigenvalue weighted by atomic mass is 16.5. The van der Waals surface area contributed by atoms with Crippen LogP contribution >= 0.6 is 0 Å². The van der Waals surface area contributed by atoms with Gasteiger partial charge >= 0.3 is 0 Å². The number of aromatic nitrogens is 1. The van der Waals surface area contributed by atoms with E-state index in [1.807, 2.05) is 20.8 Å². The largest absolute Gasteiger partial charge is 0.507 e. The number of hydrogen-bond donors (Lipinski definition) is 1. The smallest absolute Gasteiger partial charge is 0.296 e. The molecule has 1 aliphatic heterocycles. The first kappa shape index (κ1) is 22.3. The SMILES string of the molecule is COc1ccc(/C(O)=C2/C(=O)C(=O)N(Cc3ccco3)C2c2cccnc2)cc1C(C)(C)C. The standard InChI is InChI=1S/C26H26N2O5/c1-26(2,3)19-13-16(9-10-20(19)32-4)23(29)21-22(17-7-5-11-27-14-17)28(25(31)24(21)30)15-18-8-6-12-33-18/h5-14,22,29H,15H2,1-4H3/b23-21-. The summed E-state index contributed by atoms with van der Waals surface area (Å²) in [7, 11) is 1.59. The maximum absolute atomic E-state index is 13.2. The van der Waals surface area contributed by atoms with Gasteiger partial charge in [0.05, 0.1) is 31.5 Å². The monoisotopic (exact) mass is 446 g/mol. The number of aliphatic hydroxyl groups is 1. The van der Waals surface area contributed by atoms with Gasteiger partial charge in [-0.15, -0.1) is 0 Å². The highest BCUT2D eigenvalue weighted by molar-refractivity contribution is 6.46. The zero-order chi connectivity index (χ0) is 23.8. The Labute approximate surface area is 192 Å². The second kappa shape index (κ2) is 8.58. The molecular formula is C26H26N2O5. The molecule has 0 saturated carbocycles. The van der Waals surface area contributed by atoms with Crippen LogP contribution < -0.4 is 4.74 Å². The Morgan fingerprint density at radius 2 is 1.97 bits per heavy atom. The molecule has 1 amide bonds. The summed E-state index contributed by atoms with van der Waals surface area (Å²) in [6.45, 7) is 6.19. The van der Waals surface area contributed by atoms with Crippen molar-refractivity contribution in [1.82, 2.24) is 9.88 Å². The minimum Gasteiger partial charge on any atom is -0.507 e. The van der Waals surface area contributed by atoms with E-state index in [4.69, 9.17) is 9.15 Å². The van der Waals surface area contributed by atoms with E-state index in [1.54, 1.807) is 62.0 Å². The summed E-state index contributed by atoms with van der Waals surface area (Å²) in [5.41, 5.74) is 1.68. The number of furan rings is 1. The molecule has 1 atom stereocenters. The number of amides is 1. The van der Waals surface area contributed by atoms with Crippen molar-refractivity contribution in [2.45, 2.75) is 38.8 Å². The Morgan fingerprint density at radius 1 is 1.18 bits per heavy atom. The molecule has 0 radical (unpaired) electrons. The zero-order valence-corrected chi connectivity index (χ0v) is 19.0. The van der Waals surface area contributed by atoms with Crippen LogP contribution in [0.5, 0.6) is 5.75 Å².